The first-order valence-electron chi connectivity index (χ1n) is 5.74. The molecule has 0 radical (unpaired) electrons. The lowest BCUT2D eigenvalue weighted by Gasteiger charge is -2.25. The Hall–Kier alpha value is -1.36. The smallest absolute Gasteiger partial charge is 0.258 e. The van der Waals surface area contributed by atoms with E-state index in [1.807, 2.05) is 27.7 Å². The maximum absolute atomic E-state index is 11.9. The third kappa shape index (κ3) is 2.49. The van der Waals surface area contributed by atoms with Crippen LogP contribution in [0.5, 0.6) is 5.88 Å². The molecule has 1 aromatic rings. The maximum Gasteiger partial charge on any atom is 0.258 e. The van der Waals surface area contributed by atoms with Gasteiger partial charge in [-0.2, -0.15) is 4.98 Å². The van der Waals surface area contributed by atoms with Crippen molar-refractivity contribution in [1.29, 1.82) is 0 Å². The molecule has 0 bridgehead atoms. The van der Waals surface area contributed by atoms with Gasteiger partial charge in [0.15, 0.2) is 0 Å². The second-order valence-electron chi connectivity index (χ2n) is 4.60. The van der Waals surface area contributed by atoms with Gasteiger partial charge in [-0.25, -0.2) is 0 Å². The zero-order valence-corrected chi connectivity index (χ0v) is 11.0. The van der Waals surface area contributed by atoms with E-state index < -0.39 is 5.60 Å². The van der Waals surface area contributed by atoms with Crippen LogP contribution in [0.3, 0.4) is 0 Å². The van der Waals surface area contributed by atoms with E-state index in [1.54, 1.807) is 7.11 Å². The fourth-order valence-corrected chi connectivity index (χ4v) is 1.65. The Kier molecular flexibility index (Phi) is 3.93. The molecule has 1 aromatic heterocycles. The Bertz CT molecular complexity index is 448. The molecule has 0 amide bonds. The molecule has 1 heterocycles. The van der Waals surface area contributed by atoms with E-state index in [1.165, 1.54) is 0 Å². The van der Waals surface area contributed by atoms with Gasteiger partial charge in [0.05, 0.1) is 5.56 Å². The van der Waals surface area contributed by atoms with Crippen LogP contribution in [0.25, 0.3) is 0 Å². The summed E-state index contributed by atoms with van der Waals surface area (Å²) in [4.78, 5) is 18.6. The van der Waals surface area contributed by atoms with Crippen LogP contribution in [0.1, 0.15) is 51.4 Å². The van der Waals surface area contributed by atoms with E-state index in [4.69, 9.17) is 4.74 Å². The number of hydrogen-bond donors (Lipinski definition) is 2. The van der Waals surface area contributed by atoms with E-state index in [0.29, 0.717) is 17.8 Å². The predicted octanol–water partition coefficient (Wildman–Crippen LogP) is 1.87. The topological polar surface area (TPSA) is 75.2 Å². The van der Waals surface area contributed by atoms with Crippen molar-refractivity contribution in [1.82, 2.24) is 9.97 Å². The number of ether oxygens (including phenoxy) is 1. The predicted molar refractivity (Wildman–Crippen MR) is 65.3 cm³/mol. The summed E-state index contributed by atoms with van der Waals surface area (Å²) in [6, 6.07) is 0. The molecular formula is C12H20N2O3. The summed E-state index contributed by atoms with van der Waals surface area (Å²) in [5, 5.41) is 9.81. The Morgan fingerprint density at radius 2 is 2.12 bits per heavy atom. The van der Waals surface area contributed by atoms with Gasteiger partial charge in [0.2, 0.25) is 5.88 Å². The Morgan fingerprint density at radius 1 is 1.53 bits per heavy atom. The van der Waals surface area contributed by atoms with E-state index in [2.05, 4.69) is 9.97 Å². The summed E-state index contributed by atoms with van der Waals surface area (Å²) in [6.07, 6.45) is 0.646. The fourth-order valence-electron chi connectivity index (χ4n) is 1.65. The molecule has 0 aliphatic heterocycles. The van der Waals surface area contributed by atoms with Crippen molar-refractivity contribution >= 4 is 0 Å². The molecule has 17 heavy (non-hydrogen) atoms. The van der Waals surface area contributed by atoms with Crippen LogP contribution in [0.15, 0.2) is 4.79 Å². The number of methoxy groups -OCH3 is 1. The number of rotatable bonds is 4. The highest BCUT2D eigenvalue weighted by Crippen LogP contribution is 2.27. The van der Waals surface area contributed by atoms with Gasteiger partial charge in [-0.1, -0.05) is 20.8 Å². The Balaban J connectivity index is 3.38. The monoisotopic (exact) mass is 240 g/mol. The highest BCUT2D eigenvalue weighted by Gasteiger charge is 2.28. The molecular weight excluding hydrogens is 220 g/mol. The molecule has 0 aromatic carbocycles. The van der Waals surface area contributed by atoms with Crippen LogP contribution in [0.4, 0.5) is 0 Å². The SMILES string of the molecule is CCC(C)(OC)c1nc(O)c(C(C)C)c(=O)[nH]1. The minimum atomic E-state index is -0.688. The minimum absolute atomic E-state index is 0.0734. The molecule has 0 fully saturated rings. The summed E-state index contributed by atoms with van der Waals surface area (Å²) >= 11 is 0. The van der Waals surface area contributed by atoms with Gasteiger partial charge in [0.1, 0.15) is 11.4 Å². The summed E-state index contributed by atoms with van der Waals surface area (Å²) in [5.74, 6) is 0.0700. The molecule has 0 aliphatic carbocycles. The molecule has 96 valence electrons. The van der Waals surface area contributed by atoms with Crippen LogP contribution >= 0.6 is 0 Å². The molecule has 1 unspecified atom stereocenters. The second kappa shape index (κ2) is 4.87. The average Bonchev–Trinajstić information content (AvgIpc) is 2.26. The molecule has 0 saturated heterocycles. The van der Waals surface area contributed by atoms with Crippen LogP contribution in [0, 0.1) is 0 Å². The van der Waals surface area contributed by atoms with E-state index >= 15 is 0 Å². The molecule has 1 atom stereocenters. The lowest BCUT2D eigenvalue weighted by atomic mass is 10.0. The highest BCUT2D eigenvalue weighted by atomic mass is 16.5. The molecule has 1 rings (SSSR count). The van der Waals surface area contributed by atoms with Crippen molar-refractivity contribution < 1.29 is 9.84 Å². The summed E-state index contributed by atoms with van der Waals surface area (Å²) < 4.78 is 5.34. The summed E-state index contributed by atoms with van der Waals surface area (Å²) in [7, 11) is 1.55. The van der Waals surface area contributed by atoms with Gasteiger partial charge < -0.3 is 14.8 Å². The first-order valence-corrected chi connectivity index (χ1v) is 5.74. The fraction of sp³-hybridized carbons (Fsp3) is 0.667. The number of aromatic hydroxyl groups is 1. The van der Waals surface area contributed by atoms with Gasteiger partial charge in [0, 0.05) is 7.11 Å². The number of nitrogens with one attached hydrogen (secondary N) is 1. The van der Waals surface area contributed by atoms with Crippen LogP contribution in [-0.2, 0) is 10.3 Å². The third-order valence-electron chi connectivity index (χ3n) is 3.14. The van der Waals surface area contributed by atoms with Crippen molar-refractivity contribution in [3.05, 3.63) is 21.7 Å². The van der Waals surface area contributed by atoms with Crippen LogP contribution < -0.4 is 5.56 Å². The lowest BCUT2D eigenvalue weighted by Crippen LogP contribution is -2.30. The maximum atomic E-state index is 11.9. The first-order chi connectivity index (χ1) is 7.85. The Labute approximate surface area is 101 Å². The molecule has 0 saturated carbocycles. The van der Waals surface area contributed by atoms with Crippen molar-refractivity contribution in [2.24, 2.45) is 0 Å². The van der Waals surface area contributed by atoms with E-state index in [9.17, 15) is 9.90 Å². The van der Waals surface area contributed by atoms with Gasteiger partial charge in [-0.15, -0.1) is 0 Å². The van der Waals surface area contributed by atoms with Crippen molar-refractivity contribution in [3.63, 3.8) is 0 Å². The number of aromatic amines is 1. The number of H-pyrrole nitrogens is 1. The number of aromatic nitrogens is 2. The minimum Gasteiger partial charge on any atom is -0.493 e. The Morgan fingerprint density at radius 3 is 2.47 bits per heavy atom. The quantitative estimate of drug-likeness (QED) is 0.842. The highest BCUT2D eigenvalue weighted by molar-refractivity contribution is 5.26. The van der Waals surface area contributed by atoms with Crippen LogP contribution in [-0.4, -0.2) is 22.2 Å². The van der Waals surface area contributed by atoms with E-state index in [-0.39, 0.29) is 17.4 Å². The largest absolute Gasteiger partial charge is 0.493 e. The average molecular weight is 240 g/mol. The van der Waals surface area contributed by atoms with Crippen molar-refractivity contribution in [2.75, 3.05) is 7.11 Å². The van der Waals surface area contributed by atoms with Gasteiger partial charge >= 0.3 is 0 Å². The number of nitrogens with zero attached hydrogens (tertiary/aromatic N) is 1. The number of hydrogen-bond acceptors (Lipinski definition) is 4. The molecule has 0 spiro atoms. The zero-order valence-electron chi connectivity index (χ0n) is 11.0. The zero-order chi connectivity index (χ0) is 13.2. The van der Waals surface area contributed by atoms with E-state index in [0.717, 1.165) is 0 Å². The summed E-state index contributed by atoms with van der Waals surface area (Å²) in [5.41, 5.74) is -0.686. The van der Waals surface area contributed by atoms with Crippen molar-refractivity contribution in [3.8, 4) is 5.88 Å². The second-order valence-corrected chi connectivity index (χ2v) is 4.60. The van der Waals surface area contributed by atoms with Crippen molar-refractivity contribution in [2.45, 2.75) is 45.6 Å². The normalized spacial score (nSPS) is 14.9. The lowest BCUT2D eigenvalue weighted by molar-refractivity contribution is -0.00968. The van der Waals surface area contributed by atoms with Gasteiger partial charge in [0.25, 0.3) is 5.56 Å². The summed E-state index contributed by atoms with van der Waals surface area (Å²) in [6.45, 7) is 7.42. The third-order valence-corrected chi connectivity index (χ3v) is 3.14. The van der Waals surface area contributed by atoms with Crippen LogP contribution in [0.2, 0.25) is 0 Å². The molecule has 2 N–H and O–H groups in total. The standard InChI is InChI=1S/C12H20N2O3/c1-6-12(4,17-5)11-13-9(15)8(7(2)3)10(16)14-11/h7H,6H2,1-5H3,(H2,13,14,15,16). The van der Waals surface area contributed by atoms with Gasteiger partial charge in [-0.05, 0) is 19.3 Å². The van der Waals surface area contributed by atoms with Gasteiger partial charge in [-0.3, -0.25) is 4.79 Å². The molecule has 0 aliphatic rings. The molecule has 5 heteroatoms. The first kappa shape index (κ1) is 13.7. The molecule has 5 nitrogen and oxygen atoms in total.